The van der Waals surface area contributed by atoms with Crippen molar-refractivity contribution in [3.8, 4) is 11.5 Å². The Balaban J connectivity index is 1.62. The number of hydrogen-bond donors (Lipinski definition) is 0. The molecule has 3 aromatic rings. The molecule has 148 valence electrons. The number of benzene rings is 1. The van der Waals surface area contributed by atoms with E-state index in [0.717, 1.165) is 20.8 Å². The first kappa shape index (κ1) is 19.9. The minimum atomic E-state index is -0.389. The van der Waals surface area contributed by atoms with Gasteiger partial charge in [0, 0.05) is 11.4 Å². The summed E-state index contributed by atoms with van der Waals surface area (Å²) in [5, 5.41) is 0.628. The number of carbonyl (C=O) groups is 1. The molecule has 2 heterocycles. The van der Waals surface area contributed by atoms with E-state index in [1.807, 2.05) is 13.8 Å². The van der Waals surface area contributed by atoms with Gasteiger partial charge in [-0.2, -0.15) is 0 Å². The van der Waals surface area contributed by atoms with Gasteiger partial charge >= 0.3 is 5.97 Å². The number of nitrogens with zero attached hydrogens (tertiary/aromatic N) is 2. The first-order valence-electron chi connectivity index (χ1n) is 8.76. The monoisotopic (exact) mass is 402 g/mol. The van der Waals surface area contributed by atoms with Crippen molar-refractivity contribution < 1.29 is 19.0 Å². The lowest BCUT2D eigenvalue weighted by Gasteiger charge is -2.10. The summed E-state index contributed by atoms with van der Waals surface area (Å²) in [7, 11) is 3.11. The zero-order valence-electron chi connectivity index (χ0n) is 16.3. The summed E-state index contributed by atoms with van der Waals surface area (Å²) in [5.41, 5.74) is 1.61. The molecular weight excluding hydrogens is 380 g/mol. The van der Waals surface area contributed by atoms with Gasteiger partial charge in [-0.1, -0.05) is 6.07 Å². The van der Waals surface area contributed by atoms with Crippen LogP contribution in [-0.2, 0) is 22.7 Å². The first-order valence-corrected chi connectivity index (χ1v) is 9.58. The van der Waals surface area contributed by atoms with Crippen LogP contribution in [0.3, 0.4) is 0 Å². The average Bonchev–Trinajstić information content (AvgIpc) is 3.00. The van der Waals surface area contributed by atoms with Crippen LogP contribution in [0.1, 0.15) is 22.4 Å². The third-order valence-corrected chi connectivity index (χ3v) is 5.68. The van der Waals surface area contributed by atoms with Gasteiger partial charge in [-0.3, -0.25) is 14.2 Å². The normalized spacial score (nSPS) is 10.9. The van der Waals surface area contributed by atoms with Gasteiger partial charge in [-0.05, 0) is 37.1 Å². The number of thiophene rings is 1. The molecule has 1 aromatic carbocycles. The van der Waals surface area contributed by atoms with Crippen molar-refractivity contribution in [1.29, 1.82) is 0 Å². The van der Waals surface area contributed by atoms with Crippen LogP contribution >= 0.6 is 11.3 Å². The summed E-state index contributed by atoms with van der Waals surface area (Å²) < 4.78 is 17.2. The minimum Gasteiger partial charge on any atom is -0.493 e. The SMILES string of the molecule is COc1ccc(COC(=O)CCn2cnc3sc(C)c(C)c3c2=O)cc1OC. The van der Waals surface area contributed by atoms with E-state index < -0.39 is 0 Å². The topological polar surface area (TPSA) is 79.7 Å². The van der Waals surface area contributed by atoms with E-state index >= 15 is 0 Å². The highest BCUT2D eigenvalue weighted by atomic mass is 32.1. The third-order valence-electron chi connectivity index (χ3n) is 4.56. The van der Waals surface area contributed by atoms with E-state index in [4.69, 9.17) is 14.2 Å². The molecule has 0 amide bonds. The Hall–Kier alpha value is -2.87. The van der Waals surface area contributed by atoms with Crippen LogP contribution in [0, 0.1) is 13.8 Å². The van der Waals surface area contributed by atoms with Crippen molar-refractivity contribution in [2.24, 2.45) is 0 Å². The van der Waals surface area contributed by atoms with Gasteiger partial charge in [0.2, 0.25) is 0 Å². The third kappa shape index (κ3) is 4.01. The Bertz CT molecular complexity index is 1070. The lowest BCUT2D eigenvalue weighted by molar-refractivity contribution is -0.145. The van der Waals surface area contributed by atoms with Crippen LogP contribution in [-0.4, -0.2) is 29.7 Å². The number of carbonyl (C=O) groups excluding carboxylic acids is 1. The molecule has 0 bridgehead atoms. The Morgan fingerprint density at radius 1 is 1.18 bits per heavy atom. The molecule has 0 radical (unpaired) electrons. The molecule has 0 saturated carbocycles. The highest BCUT2D eigenvalue weighted by Gasteiger charge is 2.13. The van der Waals surface area contributed by atoms with E-state index in [0.29, 0.717) is 16.9 Å². The zero-order valence-corrected chi connectivity index (χ0v) is 17.1. The second-order valence-electron chi connectivity index (χ2n) is 6.31. The molecule has 0 saturated heterocycles. The largest absolute Gasteiger partial charge is 0.493 e. The van der Waals surface area contributed by atoms with Crippen LogP contribution in [0.15, 0.2) is 29.3 Å². The van der Waals surface area contributed by atoms with E-state index in [1.54, 1.807) is 32.4 Å². The Kier molecular flexibility index (Phi) is 5.99. The van der Waals surface area contributed by atoms with Crippen molar-refractivity contribution in [2.45, 2.75) is 33.4 Å². The van der Waals surface area contributed by atoms with Crippen molar-refractivity contribution in [2.75, 3.05) is 14.2 Å². The van der Waals surface area contributed by atoms with Gasteiger partial charge in [0.05, 0.1) is 32.4 Å². The molecule has 0 aliphatic carbocycles. The fourth-order valence-corrected chi connectivity index (χ4v) is 3.83. The predicted octanol–water partition coefficient (Wildman–Crippen LogP) is 3.23. The molecule has 2 aromatic heterocycles. The molecule has 7 nitrogen and oxygen atoms in total. The minimum absolute atomic E-state index is 0.0859. The molecule has 0 N–H and O–H groups in total. The van der Waals surface area contributed by atoms with Crippen LogP contribution in [0.4, 0.5) is 0 Å². The van der Waals surface area contributed by atoms with E-state index in [2.05, 4.69) is 4.98 Å². The highest BCUT2D eigenvalue weighted by molar-refractivity contribution is 7.18. The van der Waals surface area contributed by atoms with Gasteiger partial charge in [-0.15, -0.1) is 11.3 Å². The Labute approximate surface area is 166 Å². The number of esters is 1. The maximum atomic E-state index is 12.6. The van der Waals surface area contributed by atoms with Crippen LogP contribution in [0.2, 0.25) is 0 Å². The van der Waals surface area contributed by atoms with Gasteiger partial charge in [0.15, 0.2) is 11.5 Å². The van der Waals surface area contributed by atoms with E-state index in [1.165, 1.54) is 22.2 Å². The number of hydrogen-bond acceptors (Lipinski definition) is 7. The fourth-order valence-electron chi connectivity index (χ4n) is 2.85. The maximum Gasteiger partial charge on any atom is 0.307 e. The number of fused-ring (bicyclic) bond motifs is 1. The standard InChI is InChI=1S/C20H22N2O5S/c1-12-13(2)28-19-18(12)20(24)22(11-21-19)8-7-17(23)27-10-14-5-6-15(25-3)16(9-14)26-4/h5-6,9,11H,7-8,10H2,1-4H3. The summed E-state index contributed by atoms with van der Waals surface area (Å²) >= 11 is 1.50. The maximum absolute atomic E-state index is 12.6. The number of aryl methyl sites for hydroxylation is 3. The quantitative estimate of drug-likeness (QED) is 0.565. The number of methoxy groups -OCH3 is 2. The summed E-state index contributed by atoms with van der Waals surface area (Å²) in [5.74, 6) is 0.794. The highest BCUT2D eigenvalue weighted by Crippen LogP contribution is 2.28. The summed E-state index contributed by atoms with van der Waals surface area (Å²) in [6.07, 6.45) is 1.57. The van der Waals surface area contributed by atoms with Gasteiger partial charge in [0.25, 0.3) is 5.56 Å². The number of aromatic nitrogens is 2. The lowest BCUT2D eigenvalue weighted by atomic mass is 10.2. The summed E-state index contributed by atoms with van der Waals surface area (Å²) in [6.45, 7) is 4.23. The lowest BCUT2D eigenvalue weighted by Crippen LogP contribution is -2.22. The van der Waals surface area contributed by atoms with Gasteiger partial charge in [-0.25, -0.2) is 4.98 Å². The second-order valence-corrected chi connectivity index (χ2v) is 7.51. The summed E-state index contributed by atoms with van der Waals surface area (Å²) in [4.78, 5) is 30.9. The number of rotatable bonds is 7. The van der Waals surface area contributed by atoms with Crippen molar-refractivity contribution >= 4 is 27.5 Å². The molecule has 0 fully saturated rings. The van der Waals surface area contributed by atoms with Gasteiger partial charge < -0.3 is 14.2 Å². The molecule has 0 unspecified atom stereocenters. The Morgan fingerprint density at radius 2 is 1.93 bits per heavy atom. The molecule has 0 atom stereocenters. The van der Waals surface area contributed by atoms with E-state index in [-0.39, 0.29) is 31.1 Å². The molecular formula is C20H22N2O5S. The molecule has 0 spiro atoms. The molecule has 0 aliphatic rings. The van der Waals surface area contributed by atoms with Crippen molar-refractivity contribution in [3.63, 3.8) is 0 Å². The van der Waals surface area contributed by atoms with Gasteiger partial charge in [0.1, 0.15) is 11.4 Å². The summed E-state index contributed by atoms with van der Waals surface area (Å²) in [6, 6.07) is 5.32. The molecule has 28 heavy (non-hydrogen) atoms. The van der Waals surface area contributed by atoms with Crippen molar-refractivity contribution in [3.05, 3.63) is 50.9 Å². The van der Waals surface area contributed by atoms with Crippen LogP contribution < -0.4 is 15.0 Å². The predicted molar refractivity (Wildman–Crippen MR) is 107 cm³/mol. The van der Waals surface area contributed by atoms with Crippen molar-refractivity contribution in [1.82, 2.24) is 9.55 Å². The van der Waals surface area contributed by atoms with E-state index in [9.17, 15) is 9.59 Å². The number of ether oxygens (including phenoxy) is 3. The zero-order chi connectivity index (χ0) is 20.3. The molecule has 0 aliphatic heterocycles. The molecule has 3 rings (SSSR count). The average molecular weight is 402 g/mol. The van der Waals surface area contributed by atoms with Crippen LogP contribution in [0.5, 0.6) is 11.5 Å². The second kappa shape index (κ2) is 8.43. The Morgan fingerprint density at radius 3 is 2.64 bits per heavy atom. The smallest absolute Gasteiger partial charge is 0.307 e. The fraction of sp³-hybridized carbons (Fsp3) is 0.350. The van der Waals surface area contributed by atoms with Crippen LogP contribution in [0.25, 0.3) is 10.2 Å². The first-order chi connectivity index (χ1) is 13.4. The molecule has 8 heteroatoms.